The zero-order valence-corrected chi connectivity index (χ0v) is 13.0. The molecule has 1 fully saturated rings. The maximum absolute atomic E-state index is 12.8. The summed E-state index contributed by atoms with van der Waals surface area (Å²) in [5.41, 5.74) is 0.0408. The third kappa shape index (κ3) is 2.42. The standard InChI is InChI=1S/C16H18N2O2S/c1-3-16(2)15(20)18(8-6-14(19)17-16)12-4-5-13-11(10-12)7-9-21-13/h4-5,7,9-10H,3,6,8H2,1-2H3,(H,17,19). The van der Waals surface area contributed by atoms with Crippen LogP contribution in [0.1, 0.15) is 26.7 Å². The molecule has 1 aromatic heterocycles. The summed E-state index contributed by atoms with van der Waals surface area (Å²) in [6, 6.07) is 8.07. The van der Waals surface area contributed by atoms with Gasteiger partial charge in [0.15, 0.2) is 0 Å². The van der Waals surface area contributed by atoms with Crippen LogP contribution in [0.5, 0.6) is 0 Å². The number of nitrogens with zero attached hydrogens (tertiary/aromatic N) is 1. The van der Waals surface area contributed by atoms with E-state index in [0.717, 1.165) is 11.1 Å². The van der Waals surface area contributed by atoms with Crippen LogP contribution in [0.15, 0.2) is 29.6 Å². The Balaban J connectivity index is 2.02. The van der Waals surface area contributed by atoms with Gasteiger partial charge >= 0.3 is 0 Å². The second-order valence-electron chi connectivity index (χ2n) is 5.58. The lowest BCUT2D eigenvalue weighted by Crippen LogP contribution is -2.54. The van der Waals surface area contributed by atoms with E-state index in [0.29, 0.717) is 19.4 Å². The van der Waals surface area contributed by atoms with Crippen LogP contribution < -0.4 is 10.2 Å². The Kier molecular flexibility index (Phi) is 3.45. The molecule has 1 aromatic carbocycles. The first-order chi connectivity index (χ1) is 10.0. The number of hydrogen-bond donors (Lipinski definition) is 1. The summed E-state index contributed by atoms with van der Waals surface area (Å²) in [5, 5.41) is 6.03. The van der Waals surface area contributed by atoms with Crippen molar-refractivity contribution in [1.82, 2.24) is 5.32 Å². The highest BCUT2D eigenvalue weighted by Crippen LogP contribution is 2.29. The van der Waals surface area contributed by atoms with Gasteiger partial charge in [0.1, 0.15) is 5.54 Å². The molecule has 3 rings (SSSR count). The van der Waals surface area contributed by atoms with Gasteiger partial charge in [0, 0.05) is 23.4 Å². The fourth-order valence-corrected chi connectivity index (χ4v) is 3.42. The van der Waals surface area contributed by atoms with Gasteiger partial charge in [-0.15, -0.1) is 11.3 Å². The van der Waals surface area contributed by atoms with Gasteiger partial charge in [-0.1, -0.05) is 6.92 Å². The van der Waals surface area contributed by atoms with Gasteiger partial charge in [-0.25, -0.2) is 0 Å². The maximum atomic E-state index is 12.8. The second-order valence-corrected chi connectivity index (χ2v) is 6.53. The fraction of sp³-hybridized carbons (Fsp3) is 0.375. The molecular formula is C16H18N2O2S. The zero-order valence-electron chi connectivity index (χ0n) is 12.2. The van der Waals surface area contributed by atoms with Crippen LogP contribution in [0.4, 0.5) is 5.69 Å². The minimum Gasteiger partial charge on any atom is -0.342 e. The van der Waals surface area contributed by atoms with E-state index in [1.807, 2.05) is 36.6 Å². The highest BCUT2D eigenvalue weighted by Gasteiger charge is 2.39. The monoisotopic (exact) mass is 302 g/mol. The summed E-state index contributed by atoms with van der Waals surface area (Å²) in [6.45, 7) is 4.15. The molecule has 1 atom stereocenters. The van der Waals surface area contributed by atoms with E-state index in [4.69, 9.17) is 0 Å². The highest BCUT2D eigenvalue weighted by atomic mass is 32.1. The lowest BCUT2D eigenvalue weighted by atomic mass is 9.97. The van der Waals surface area contributed by atoms with Crippen molar-refractivity contribution >= 4 is 38.9 Å². The SMILES string of the molecule is CCC1(C)NC(=O)CCN(c2ccc3sccc3c2)C1=O. The van der Waals surface area contributed by atoms with Crippen LogP contribution in [0.2, 0.25) is 0 Å². The molecule has 2 aromatic rings. The van der Waals surface area contributed by atoms with Gasteiger partial charge in [-0.3, -0.25) is 9.59 Å². The Morgan fingerprint density at radius 2 is 2.14 bits per heavy atom. The van der Waals surface area contributed by atoms with E-state index in [9.17, 15) is 9.59 Å². The molecule has 0 aliphatic carbocycles. The number of rotatable bonds is 2. The van der Waals surface area contributed by atoms with E-state index in [1.54, 1.807) is 23.2 Å². The number of carbonyl (C=O) groups is 2. The Bertz CT molecular complexity index is 709. The third-order valence-corrected chi connectivity index (χ3v) is 5.05. The molecule has 1 unspecified atom stereocenters. The molecule has 0 saturated carbocycles. The molecular weight excluding hydrogens is 284 g/mol. The molecule has 0 spiro atoms. The molecule has 5 heteroatoms. The van der Waals surface area contributed by atoms with Crippen LogP contribution >= 0.6 is 11.3 Å². The molecule has 110 valence electrons. The molecule has 1 N–H and O–H groups in total. The van der Waals surface area contributed by atoms with Crippen molar-refractivity contribution in [2.24, 2.45) is 0 Å². The van der Waals surface area contributed by atoms with Gasteiger partial charge in [-0.2, -0.15) is 0 Å². The lowest BCUT2D eigenvalue weighted by molar-refractivity contribution is -0.129. The van der Waals surface area contributed by atoms with Crippen molar-refractivity contribution < 1.29 is 9.59 Å². The minimum absolute atomic E-state index is 0.0366. The number of nitrogens with one attached hydrogen (secondary N) is 1. The van der Waals surface area contributed by atoms with Crippen LogP contribution in [0, 0.1) is 0 Å². The fourth-order valence-electron chi connectivity index (χ4n) is 2.64. The first kappa shape index (κ1) is 14.1. The molecule has 1 saturated heterocycles. The molecule has 2 amide bonds. The zero-order chi connectivity index (χ0) is 15.0. The second kappa shape index (κ2) is 5.15. The summed E-state index contributed by atoms with van der Waals surface area (Å²) in [4.78, 5) is 26.4. The summed E-state index contributed by atoms with van der Waals surface area (Å²) in [5.74, 6) is -0.0998. The largest absolute Gasteiger partial charge is 0.342 e. The normalized spacial score (nSPS) is 23.2. The van der Waals surface area contributed by atoms with Crippen molar-refractivity contribution in [3.05, 3.63) is 29.6 Å². The molecule has 0 bridgehead atoms. The minimum atomic E-state index is -0.822. The Hall–Kier alpha value is -1.88. The van der Waals surface area contributed by atoms with Gasteiger partial charge in [0.2, 0.25) is 5.91 Å². The van der Waals surface area contributed by atoms with Gasteiger partial charge < -0.3 is 10.2 Å². The Morgan fingerprint density at radius 3 is 2.90 bits per heavy atom. The number of fused-ring (bicyclic) bond motifs is 1. The predicted octanol–water partition coefficient (Wildman–Crippen LogP) is 2.92. The molecule has 21 heavy (non-hydrogen) atoms. The van der Waals surface area contributed by atoms with Crippen LogP contribution in [-0.4, -0.2) is 23.9 Å². The number of amides is 2. The van der Waals surface area contributed by atoms with Gasteiger partial charge in [0.25, 0.3) is 5.91 Å². The van der Waals surface area contributed by atoms with E-state index in [2.05, 4.69) is 5.32 Å². The van der Waals surface area contributed by atoms with Crippen molar-refractivity contribution in [3.63, 3.8) is 0 Å². The van der Waals surface area contributed by atoms with E-state index >= 15 is 0 Å². The first-order valence-corrected chi connectivity index (χ1v) is 8.02. The smallest absolute Gasteiger partial charge is 0.252 e. The highest BCUT2D eigenvalue weighted by molar-refractivity contribution is 7.17. The Labute approximate surface area is 127 Å². The van der Waals surface area contributed by atoms with E-state index in [1.165, 1.54) is 4.70 Å². The maximum Gasteiger partial charge on any atom is 0.252 e. The summed E-state index contributed by atoms with van der Waals surface area (Å²) < 4.78 is 1.20. The molecule has 1 aliphatic heterocycles. The van der Waals surface area contributed by atoms with Crippen molar-refractivity contribution in [2.45, 2.75) is 32.2 Å². The van der Waals surface area contributed by atoms with Crippen molar-refractivity contribution in [1.29, 1.82) is 0 Å². The molecule has 4 nitrogen and oxygen atoms in total. The quantitative estimate of drug-likeness (QED) is 0.927. The predicted molar refractivity (Wildman–Crippen MR) is 85.6 cm³/mol. The number of benzene rings is 1. The number of hydrogen-bond acceptors (Lipinski definition) is 3. The van der Waals surface area contributed by atoms with Crippen LogP contribution in [0.25, 0.3) is 10.1 Å². The van der Waals surface area contributed by atoms with Crippen molar-refractivity contribution in [3.8, 4) is 0 Å². The lowest BCUT2D eigenvalue weighted by Gasteiger charge is -2.31. The topological polar surface area (TPSA) is 49.4 Å². The molecule has 2 heterocycles. The first-order valence-electron chi connectivity index (χ1n) is 7.14. The van der Waals surface area contributed by atoms with Gasteiger partial charge in [-0.05, 0) is 48.4 Å². The molecule has 1 aliphatic rings. The summed E-state index contributed by atoms with van der Waals surface area (Å²) >= 11 is 1.68. The Morgan fingerprint density at radius 1 is 1.33 bits per heavy atom. The molecule has 0 radical (unpaired) electrons. The van der Waals surface area contributed by atoms with E-state index in [-0.39, 0.29) is 11.8 Å². The average Bonchev–Trinajstić information content (AvgIpc) is 2.90. The van der Waals surface area contributed by atoms with E-state index < -0.39 is 5.54 Å². The third-order valence-electron chi connectivity index (χ3n) is 4.15. The number of anilines is 1. The summed E-state index contributed by atoms with van der Waals surface area (Å²) in [7, 11) is 0. The average molecular weight is 302 g/mol. The van der Waals surface area contributed by atoms with Crippen molar-refractivity contribution in [2.75, 3.05) is 11.4 Å². The van der Waals surface area contributed by atoms with Gasteiger partial charge in [0.05, 0.1) is 0 Å². The number of thiophene rings is 1. The van der Waals surface area contributed by atoms with Crippen LogP contribution in [-0.2, 0) is 9.59 Å². The van der Waals surface area contributed by atoms with Crippen LogP contribution in [0.3, 0.4) is 0 Å². The summed E-state index contributed by atoms with van der Waals surface area (Å²) in [6.07, 6.45) is 0.914. The number of carbonyl (C=O) groups excluding carboxylic acids is 2.